The fourth-order valence-corrected chi connectivity index (χ4v) is 4.25. The molecule has 2 aliphatic rings. The molecule has 2 aromatic rings. The third kappa shape index (κ3) is 3.98. The molecule has 32 heavy (non-hydrogen) atoms. The summed E-state index contributed by atoms with van der Waals surface area (Å²) in [5.41, 5.74) is 0.523. The number of hydrogen-bond acceptors (Lipinski definition) is 5. The Morgan fingerprint density at radius 1 is 1.09 bits per heavy atom. The zero-order valence-electron chi connectivity index (χ0n) is 17.7. The molecule has 168 valence electrons. The Kier molecular flexibility index (Phi) is 6.23. The number of ether oxygens (including phenoxy) is 1. The van der Waals surface area contributed by atoms with Gasteiger partial charge in [-0.2, -0.15) is 0 Å². The molecule has 2 aliphatic heterocycles. The van der Waals surface area contributed by atoms with E-state index in [4.69, 9.17) is 4.74 Å². The number of carbonyl (C=O) groups is 2. The number of carbonyl (C=O) groups excluding carboxylic acids is 2. The lowest BCUT2D eigenvalue weighted by Crippen LogP contribution is -2.40. The van der Waals surface area contributed by atoms with E-state index >= 15 is 0 Å². The second-order valence-corrected chi connectivity index (χ2v) is 7.86. The van der Waals surface area contributed by atoms with E-state index in [-0.39, 0.29) is 29.5 Å². The number of aliphatic hydroxyl groups excluding tert-OH is 1. The highest BCUT2D eigenvalue weighted by molar-refractivity contribution is 6.45. The van der Waals surface area contributed by atoms with Gasteiger partial charge >= 0.3 is 0 Å². The largest absolute Gasteiger partial charge is 0.494 e. The Morgan fingerprint density at radius 2 is 1.84 bits per heavy atom. The second-order valence-electron chi connectivity index (χ2n) is 7.86. The molecule has 1 unspecified atom stereocenters. The van der Waals surface area contributed by atoms with Crippen molar-refractivity contribution in [2.24, 2.45) is 5.92 Å². The first kappa shape index (κ1) is 22.0. The highest BCUT2D eigenvalue weighted by atomic mass is 19.1. The van der Waals surface area contributed by atoms with Crippen molar-refractivity contribution in [1.29, 1.82) is 0 Å². The Balaban J connectivity index is 1.80. The molecule has 1 atom stereocenters. The summed E-state index contributed by atoms with van der Waals surface area (Å²) in [6.45, 7) is 3.26. The fraction of sp³-hybridized carbons (Fsp3) is 0.333. The van der Waals surface area contributed by atoms with Gasteiger partial charge in [-0.05, 0) is 55.5 Å². The summed E-state index contributed by atoms with van der Waals surface area (Å²) < 4.78 is 33.4. The number of nitrogens with zero attached hydrogens (tertiary/aromatic N) is 2. The second kappa shape index (κ2) is 9.08. The van der Waals surface area contributed by atoms with E-state index in [1.807, 2.05) is 6.92 Å². The first-order valence-electron chi connectivity index (χ1n) is 10.6. The number of halogens is 2. The van der Waals surface area contributed by atoms with Crippen LogP contribution in [-0.4, -0.2) is 48.1 Å². The molecule has 1 fully saturated rings. The summed E-state index contributed by atoms with van der Waals surface area (Å²) in [6.07, 6.45) is 1.56. The van der Waals surface area contributed by atoms with E-state index in [9.17, 15) is 23.5 Å². The van der Waals surface area contributed by atoms with E-state index < -0.39 is 23.4 Å². The van der Waals surface area contributed by atoms with Crippen molar-refractivity contribution in [3.63, 3.8) is 0 Å². The molecule has 4 rings (SSSR count). The molecule has 2 aromatic carbocycles. The average molecular weight is 442 g/mol. The summed E-state index contributed by atoms with van der Waals surface area (Å²) in [5.74, 6) is -2.54. The topological polar surface area (TPSA) is 70.1 Å². The minimum Gasteiger partial charge on any atom is -0.494 e. The zero-order chi connectivity index (χ0) is 22.8. The first-order valence-corrected chi connectivity index (χ1v) is 10.6. The van der Waals surface area contributed by atoms with Gasteiger partial charge in [0, 0.05) is 25.8 Å². The van der Waals surface area contributed by atoms with Crippen LogP contribution in [0, 0.1) is 17.6 Å². The predicted octanol–water partition coefficient (Wildman–Crippen LogP) is 3.35. The molecule has 0 radical (unpaired) electrons. The number of benzene rings is 2. The molecule has 1 N–H and O–H groups in total. The fourth-order valence-electron chi connectivity index (χ4n) is 4.25. The van der Waals surface area contributed by atoms with Crippen LogP contribution in [0.25, 0.3) is 5.57 Å². The van der Waals surface area contributed by atoms with Crippen LogP contribution < -0.4 is 9.64 Å². The van der Waals surface area contributed by atoms with Crippen molar-refractivity contribution < 1.29 is 28.2 Å². The maximum Gasteiger partial charge on any atom is 0.282 e. The van der Waals surface area contributed by atoms with Gasteiger partial charge in [-0.1, -0.05) is 12.1 Å². The highest BCUT2D eigenvalue weighted by Crippen LogP contribution is 2.37. The monoisotopic (exact) mass is 442 g/mol. The SMILES string of the molecule is CCOc1ccc(C2=C(N3CCCC(CO)C3)C(=O)N(c3ccc(F)cc3F)C2=O)cc1. The van der Waals surface area contributed by atoms with Crippen LogP contribution in [0.3, 0.4) is 0 Å². The highest BCUT2D eigenvalue weighted by Gasteiger charge is 2.44. The number of hydrogen-bond donors (Lipinski definition) is 1. The quantitative estimate of drug-likeness (QED) is 0.695. The molecule has 0 aromatic heterocycles. The molecule has 0 aliphatic carbocycles. The molecule has 0 bridgehead atoms. The van der Waals surface area contributed by atoms with Crippen LogP contribution in [0.5, 0.6) is 5.75 Å². The lowest BCUT2D eigenvalue weighted by Gasteiger charge is -2.34. The molecule has 2 heterocycles. The minimum atomic E-state index is -0.995. The number of likely N-dealkylation sites (tertiary alicyclic amines) is 1. The van der Waals surface area contributed by atoms with Gasteiger partial charge in [-0.3, -0.25) is 9.59 Å². The first-order chi connectivity index (χ1) is 15.4. The van der Waals surface area contributed by atoms with Gasteiger partial charge < -0.3 is 14.7 Å². The van der Waals surface area contributed by atoms with Crippen molar-refractivity contribution >= 4 is 23.1 Å². The molecule has 6 nitrogen and oxygen atoms in total. The van der Waals surface area contributed by atoms with Crippen molar-refractivity contribution in [3.05, 3.63) is 65.4 Å². The van der Waals surface area contributed by atoms with Gasteiger partial charge in [-0.15, -0.1) is 0 Å². The summed E-state index contributed by atoms with van der Waals surface area (Å²) in [5, 5.41) is 9.62. The Bertz CT molecular complexity index is 1070. The molecule has 0 saturated carbocycles. The lowest BCUT2D eigenvalue weighted by atomic mass is 9.97. The molecular formula is C24H24F2N2O4. The lowest BCUT2D eigenvalue weighted by molar-refractivity contribution is -0.121. The number of piperidine rings is 1. The van der Waals surface area contributed by atoms with E-state index in [1.54, 1.807) is 29.2 Å². The number of anilines is 1. The summed E-state index contributed by atoms with van der Waals surface area (Å²) in [6, 6.07) is 9.52. The van der Waals surface area contributed by atoms with E-state index in [0.29, 0.717) is 37.1 Å². The number of amides is 2. The van der Waals surface area contributed by atoms with Crippen molar-refractivity contribution in [3.8, 4) is 5.75 Å². The molecule has 2 amide bonds. The maximum absolute atomic E-state index is 14.5. The third-order valence-corrected chi connectivity index (χ3v) is 5.76. The van der Waals surface area contributed by atoms with E-state index in [2.05, 4.69) is 0 Å². The number of imide groups is 1. The van der Waals surface area contributed by atoms with Crippen LogP contribution in [0.1, 0.15) is 25.3 Å². The summed E-state index contributed by atoms with van der Waals surface area (Å²) >= 11 is 0. The Labute approximate surface area is 184 Å². The average Bonchev–Trinajstić information content (AvgIpc) is 3.05. The molecule has 0 spiro atoms. The van der Waals surface area contributed by atoms with Gasteiger partial charge in [-0.25, -0.2) is 13.7 Å². The van der Waals surface area contributed by atoms with E-state index in [1.165, 1.54) is 0 Å². The molecule has 8 heteroatoms. The van der Waals surface area contributed by atoms with Crippen molar-refractivity contribution in [2.45, 2.75) is 19.8 Å². The van der Waals surface area contributed by atoms with Crippen LogP contribution in [0.4, 0.5) is 14.5 Å². The third-order valence-electron chi connectivity index (χ3n) is 5.76. The standard InChI is InChI=1S/C24H24F2N2O4/c1-2-32-18-8-5-16(6-9-18)21-22(27-11-3-4-15(13-27)14-29)24(31)28(23(21)30)20-10-7-17(25)12-19(20)26/h5-10,12,15,29H,2-4,11,13-14H2,1H3. The minimum absolute atomic E-state index is 0.0272. The van der Waals surface area contributed by atoms with Crippen LogP contribution >= 0.6 is 0 Å². The van der Waals surface area contributed by atoms with Crippen LogP contribution in [-0.2, 0) is 9.59 Å². The van der Waals surface area contributed by atoms with Gasteiger partial charge in [0.15, 0.2) is 0 Å². The summed E-state index contributed by atoms with van der Waals surface area (Å²) in [7, 11) is 0. The normalized spacial score (nSPS) is 19.2. The van der Waals surface area contributed by atoms with E-state index in [0.717, 1.165) is 29.9 Å². The van der Waals surface area contributed by atoms with Crippen molar-refractivity contribution in [1.82, 2.24) is 4.90 Å². The van der Waals surface area contributed by atoms with Gasteiger partial charge in [0.2, 0.25) is 0 Å². The smallest absolute Gasteiger partial charge is 0.282 e. The maximum atomic E-state index is 14.5. The Hall–Kier alpha value is -3.26. The number of aliphatic hydroxyl groups is 1. The van der Waals surface area contributed by atoms with Gasteiger partial charge in [0.05, 0.1) is 17.9 Å². The van der Waals surface area contributed by atoms with Gasteiger partial charge in [0.1, 0.15) is 23.1 Å². The predicted molar refractivity (Wildman–Crippen MR) is 115 cm³/mol. The summed E-state index contributed by atoms with van der Waals surface area (Å²) in [4.78, 5) is 29.5. The zero-order valence-corrected chi connectivity index (χ0v) is 17.7. The van der Waals surface area contributed by atoms with Crippen LogP contribution in [0.2, 0.25) is 0 Å². The Morgan fingerprint density at radius 3 is 2.50 bits per heavy atom. The van der Waals surface area contributed by atoms with Crippen molar-refractivity contribution in [2.75, 3.05) is 31.2 Å². The molecule has 1 saturated heterocycles. The van der Waals surface area contributed by atoms with Gasteiger partial charge in [0.25, 0.3) is 11.8 Å². The number of rotatable bonds is 6. The molecular weight excluding hydrogens is 418 g/mol. The van der Waals surface area contributed by atoms with Crippen LogP contribution in [0.15, 0.2) is 48.2 Å².